The summed E-state index contributed by atoms with van der Waals surface area (Å²) in [7, 11) is 0. The number of rotatable bonds is 5. The Morgan fingerprint density at radius 3 is 2.59 bits per heavy atom. The van der Waals surface area contributed by atoms with E-state index in [0.29, 0.717) is 27.8 Å². The van der Waals surface area contributed by atoms with Crippen molar-refractivity contribution in [1.82, 2.24) is 15.1 Å². The number of hydrogen-bond acceptors (Lipinski definition) is 4. The molecule has 1 fully saturated rings. The Balaban J connectivity index is 1.77. The molecule has 0 spiro atoms. The molecular weight excluding hydrogens is 518 g/mol. The Morgan fingerprint density at radius 2 is 1.95 bits per heavy atom. The lowest BCUT2D eigenvalue weighted by Gasteiger charge is -2.24. The minimum absolute atomic E-state index is 0.00595. The number of hydrogen-bond donors (Lipinski definition) is 1. The summed E-state index contributed by atoms with van der Waals surface area (Å²) < 4.78 is 30.6. The van der Waals surface area contributed by atoms with Gasteiger partial charge in [-0.25, -0.2) is 13.5 Å². The van der Waals surface area contributed by atoms with Crippen LogP contribution in [0.25, 0.3) is 5.69 Å². The summed E-state index contributed by atoms with van der Waals surface area (Å²) >= 11 is 7.55. The van der Waals surface area contributed by atoms with Gasteiger partial charge in [0.25, 0.3) is 0 Å². The predicted molar refractivity (Wildman–Crippen MR) is 141 cm³/mol. The van der Waals surface area contributed by atoms with Gasteiger partial charge < -0.3 is 5.32 Å². The number of carbonyl (C=O) groups is 2. The third-order valence-electron chi connectivity index (χ3n) is 6.34. The molecular formula is C27H27ClF2N4O2S. The molecule has 1 unspecified atom stereocenters. The fraction of sp³-hybridized carbons (Fsp3) is 0.370. The van der Waals surface area contributed by atoms with Crippen LogP contribution in [-0.2, 0) is 15.0 Å². The Hall–Kier alpha value is -2.91. The molecule has 194 valence electrons. The van der Waals surface area contributed by atoms with E-state index in [1.807, 2.05) is 26.8 Å². The lowest BCUT2D eigenvalue weighted by molar-refractivity contribution is -0.123. The van der Waals surface area contributed by atoms with Crippen molar-refractivity contribution in [2.75, 3.05) is 17.2 Å². The largest absolute Gasteiger partial charge is 0.352 e. The normalized spacial score (nSPS) is 17.9. The maximum atomic E-state index is 15.2. The second kappa shape index (κ2) is 9.76. The highest BCUT2D eigenvalue weighted by molar-refractivity contribution is 8.00. The zero-order chi connectivity index (χ0) is 26.5. The third-order valence-corrected chi connectivity index (χ3v) is 7.81. The summed E-state index contributed by atoms with van der Waals surface area (Å²) in [5, 5.41) is 7.70. The number of carbonyl (C=O) groups excluding carboxylic acids is 2. The molecule has 3 aromatic rings. The van der Waals surface area contributed by atoms with Crippen LogP contribution in [0.4, 0.5) is 14.6 Å². The average molecular weight is 545 g/mol. The van der Waals surface area contributed by atoms with Gasteiger partial charge in [0.1, 0.15) is 24.0 Å². The van der Waals surface area contributed by atoms with Crippen LogP contribution in [0.1, 0.15) is 55.7 Å². The minimum atomic E-state index is -0.703. The lowest BCUT2D eigenvalue weighted by atomic mass is 9.87. The number of anilines is 1. The number of aromatic nitrogens is 2. The lowest BCUT2D eigenvalue weighted by Crippen LogP contribution is -2.43. The van der Waals surface area contributed by atoms with Crippen molar-refractivity contribution in [3.63, 3.8) is 0 Å². The maximum absolute atomic E-state index is 15.2. The summed E-state index contributed by atoms with van der Waals surface area (Å²) in [6.07, 6.45) is 1.84. The first-order chi connectivity index (χ1) is 17.5. The Labute approximate surface area is 223 Å². The van der Waals surface area contributed by atoms with Crippen molar-refractivity contribution in [3.8, 4) is 5.69 Å². The molecule has 0 saturated heterocycles. The fourth-order valence-corrected chi connectivity index (χ4v) is 5.87. The first kappa shape index (κ1) is 25.7. The van der Waals surface area contributed by atoms with Crippen LogP contribution in [-0.4, -0.2) is 39.9 Å². The van der Waals surface area contributed by atoms with Gasteiger partial charge in [-0.15, -0.1) is 11.8 Å². The summed E-state index contributed by atoms with van der Waals surface area (Å²) in [6, 6.07) is 10.6. The van der Waals surface area contributed by atoms with Gasteiger partial charge in [-0.05, 0) is 37.1 Å². The highest BCUT2D eigenvalue weighted by atomic mass is 35.5. The molecule has 0 bridgehead atoms. The van der Waals surface area contributed by atoms with E-state index in [-0.39, 0.29) is 35.7 Å². The van der Waals surface area contributed by atoms with E-state index >= 15 is 4.39 Å². The summed E-state index contributed by atoms with van der Waals surface area (Å²) in [5.41, 5.74) is 1.61. The van der Waals surface area contributed by atoms with E-state index in [1.54, 1.807) is 22.9 Å². The van der Waals surface area contributed by atoms with Crippen molar-refractivity contribution in [2.45, 2.75) is 50.3 Å². The van der Waals surface area contributed by atoms with Crippen LogP contribution < -0.4 is 10.2 Å². The molecule has 2 heterocycles. The van der Waals surface area contributed by atoms with Crippen molar-refractivity contribution in [1.29, 1.82) is 0 Å². The quantitative estimate of drug-likeness (QED) is 0.457. The smallest absolute Gasteiger partial charge is 0.240 e. The van der Waals surface area contributed by atoms with Gasteiger partial charge in [-0.2, -0.15) is 5.10 Å². The molecule has 1 aromatic heterocycles. The molecule has 2 amide bonds. The maximum Gasteiger partial charge on any atom is 0.240 e. The van der Waals surface area contributed by atoms with E-state index in [9.17, 15) is 14.0 Å². The van der Waals surface area contributed by atoms with Gasteiger partial charge in [0, 0.05) is 33.7 Å². The average Bonchev–Trinajstić information content (AvgIpc) is 3.55. The van der Waals surface area contributed by atoms with Crippen molar-refractivity contribution in [3.05, 3.63) is 75.9 Å². The molecule has 1 atom stereocenters. The SMILES string of the molecule is CC(C)(C)c1nn(-c2cccc(Cl)c2)c2c1C(c1ccc(F)cc1F)SCC(=O)N2CC(=O)NC1CC1. The predicted octanol–water partition coefficient (Wildman–Crippen LogP) is 5.55. The highest BCUT2D eigenvalue weighted by Gasteiger charge is 2.41. The number of amides is 2. The molecule has 2 aliphatic rings. The fourth-order valence-electron chi connectivity index (χ4n) is 4.47. The third kappa shape index (κ3) is 5.25. The molecule has 1 aliphatic heterocycles. The van der Waals surface area contributed by atoms with E-state index in [2.05, 4.69) is 5.32 Å². The molecule has 1 aliphatic carbocycles. The van der Waals surface area contributed by atoms with Crippen molar-refractivity contribution >= 4 is 41.0 Å². The van der Waals surface area contributed by atoms with Crippen LogP contribution in [0, 0.1) is 11.6 Å². The zero-order valence-corrected chi connectivity index (χ0v) is 22.3. The van der Waals surface area contributed by atoms with Crippen LogP contribution in [0.3, 0.4) is 0 Å². The summed E-state index contributed by atoms with van der Waals surface area (Å²) in [5.74, 6) is -1.56. The Kier molecular flexibility index (Phi) is 6.79. The van der Waals surface area contributed by atoms with Gasteiger partial charge in [-0.3, -0.25) is 14.5 Å². The molecule has 6 nitrogen and oxygen atoms in total. The van der Waals surface area contributed by atoms with Gasteiger partial charge in [0.15, 0.2) is 0 Å². The number of benzene rings is 2. The van der Waals surface area contributed by atoms with Crippen molar-refractivity contribution < 1.29 is 18.4 Å². The molecule has 10 heteroatoms. The minimum Gasteiger partial charge on any atom is -0.352 e. The second-order valence-electron chi connectivity index (χ2n) is 10.4. The second-order valence-corrected chi connectivity index (χ2v) is 11.9. The molecule has 0 radical (unpaired) electrons. The van der Waals surface area contributed by atoms with Crippen LogP contribution in [0.15, 0.2) is 42.5 Å². The van der Waals surface area contributed by atoms with Gasteiger partial charge in [0.05, 0.1) is 22.4 Å². The molecule has 1 saturated carbocycles. The van der Waals surface area contributed by atoms with Gasteiger partial charge >= 0.3 is 0 Å². The standard InChI is InChI=1S/C27H27ClF2N4O2S/c1-27(2,3)25-23-24(19-10-7-16(29)12-20(19)30)37-14-22(36)33(13-21(35)31-17-8-9-17)26(23)34(32-25)18-6-4-5-15(28)11-18/h4-7,10-12,17,24H,8-9,13-14H2,1-3H3,(H,31,35). The first-order valence-electron chi connectivity index (χ1n) is 12.1. The molecule has 1 N–H and O–H groups in total. The van der Waals surface area contributed by atoms with Gasteiger partial charge in [0.2, 0.25) is 11.8 Å². The van der Waals surface area contributed by atoms with Crippen LogP contribution >= 0.6 is 23.4 Å². The number of thioether (sulfide) groups is 1. The number of nitrogens with zero attached hydrogens (tertiary/aromatic N) is 3. The van der Waals surface area contributed by atoms with Crippen LogP contribution in [0.5, 0.6) is 0 Å². The molecule has 2 aromatic carbocycles. The first-order valence-corrected chi connectivity index (χ1v) is 13.5. The van der Waals surface area contributed by atoms with E-state index in [4.69, 9.17) is 16.7 Å². The zero-order valence-electron chi connectivity index (χ0n) is 20.7. The van der Waals surface area contributed by atoms with E-state index in [0.717, 1.165) is 18.9 Å². The van der Waals surface area contributed by atoms with Crippen molar-refractivity contribution in [2.24, 2.45) is 0 Å². The number of nitrogens with one attached hydrogen (secondary N) is 1. The molecule has 37 heavy (non-hydrogen) atoms. The Morgan fingerprint density at radius 1 is 1.19 bits per heavy atom. The summed E-state index contributed by atoms with van der Waals surface area (Å²) in [6.45, 7) is 5.75. The Bertz CT molecular complexity index is 1380. The van der Waals surface area contributed by atoms with E-state index in [1.165, 1.54) is 28.8 Å². The molecule has 5 rings (SSSR count). The van der Waals surface area contributed by atoms with Gasteiger partial charge in [-0.1, -0.05) is 44.5 Å². The monoisotopic (exact) mass is 544 g/mol. The van der Waals surface area contributed by atoms with Crippen LogP contribution in [0.2, 0.25) is 5.02 Å². The number of fused-ring (bicyclic) bond motifs is 1. The summed E-state index contributed by atoms with van der Waals surface area (Å²) in [4.78, 5) is 27.9. The highest BCUT2D eigenvalue weighted by Crippen LogP contribution is 2.49. The van der Waals surface area contributed by atoms with E-state index < -0.39 is 22.3 Å². The number of halogens is 3. The topological polar surface area (TPSA) is 67.2 Å².